The third-order valence-electron chi connectivity index (χ3n) is 3.39. The SMILES string of the molecule is CCCNCc1ccoc1CN(C)Cc1ccccc1Br. The first-order valence-corrected chi connectivity index (χ1v) is 8.18. The summed E-state index contributed by atoms with van der Waals surface area (Å²) in [5, 5.41) is 3.42. The summed E-state index contributed by atoms with van der Waals surface area (Å²) in [6.45, 7) is 5.80. The molecule has 2 rings (SSSR count). The number of hydrogen-bond donors (Lipinski definition) is 1. The summed E-state index contributed by atoms with van der Waals surface area (Å²) in [5.41, 5.74) is 2.54. The molecule has 0 atom stereocenters. The van der Waals surface area contributed by atoms with Crippen molar-refractivity contribution in [1.82, 2.24) is 10.2 Å². The summed E-state index contributed by atoms with van der Waals surface area (Å²) >= 11 is 3.60. The lowest BCUT2D eigenvalue weighted by atomic mass is 10.2. The second-order valence-electron chi connectivity index (χ2n) is 5.31. The van der Waals surface area contributed by atoms with Gasteiger partial charge < -0.3 is 9.73 Å². The largest absolute Gasteiger partial charge is 0.468 e. The Morgan fingerprint density at radius 1 is 1.14 bits per heavy atom. The Balaban J connectivity index is 1.92. The molecular weight excluding hydrogens is 328 g/mol. The molecule has 1 aromatic heterocycles. The molecule has 1 aromatic carbocycles. The highest BCUT2D eigenvalue weighted by atomic mass is 79.9. The summed E-state index contributed by atoms with van der Waals surface area (Å²) in [7, 11) is 2.12. The summed E-state index contributed by atoms with van der Waals surface area (Å²) in [6, 6.07) is 10.4. The second kappa shape index (κ2) is 8.37. The van der Waals surface area contributed by atoms with E-state index in [-0.39, 0.29) is 0 Å². The minimum absolute atomic E-state index is 0.817. The van der Waals surface area contributed by atoms with E-state index in [1.165, 1.54) is 11.1 Å². The molecule has 0 saturated carbocycles. The standard InChI is InChI=1S/C17H23BrN2O/c1-3-9-19-11-14-8-10-21-17(14)13-20(2)12-15-6-4-5-7-16(15)18/h4-8,10,19H,3,9,11-13H2,1-2H3. The predicted molar refractivity (Wildman–Crippen MR) is 90.0 cm³/mol. The first-order valence-electron chi connectivity index (χ1n) is 7.38. The van der Waals surface area contributed by atoms with Crippen LogP contribution < -0.4 is 5.32 Å². The fourth-order valence-corrected chi connectivity index (χ4v) is 2.69. The van der Waals surface area contributed by atoms with Gasteiger partial charge in [-0.2, -0.15) is 0 Å². The molecule has 114 valence electrons. The molecule has 4 heteroatoms. The monoisotopic (exact) mass is 350 g/mol. The van der Waals surface area contributed by atoms with E-state index in [1.807, 2.05) is 6.07 Å². The van der Waals surface area contributed by atoms with Crippen LogP contribution in [0.4, 0.5) is 0 Å². The van der Waals surface area contributed by atoms with Gasteiger partial charge in [-0.1, -0.05) is 41.1 Å². The highest BCUT2D eigenvalue weighted by Crippen LogP contribution is 2.19. The molecule has 2 aromatic rings. The van der Waals surface area contributed by atoms with Crippen molar-refractivity contribution in [3.8, 4) is 0 Å². The lowest BCUT2D eigenvalue weighted by molar-refractivity contribution is 0.285. The lowest BCUT2D eigenvalue weighted by Gasteiger charge is -2.17. The maximum Gasteiger partial charge on any atom is 0.122 e. The first-order chi connectivity index (χ1) is 10.2. The van der Waals surface area contributed by atoms with Crippen LogP contribution in [0.25, 0.3) is 0 Å². The van der Waals surface area contributed by atoms with Gasteiger partial charge in [0.15, 0.2) is 0 Å². The third-order valence-corrected chi connectivity index (χ3v) is 4.17. The second-order valence-corrected chi connectivity index (χ2v) is 6.16. The molecule has 21 heavy (non-hydrogen) atoms. The molecule has 0 saturated heterocycles. The normalized spacial score (nSPS) is 11.2. The summed E-state index contributed by atoms with van der Waals surface area (Å²) in [6.07, 6.45) is 2.93. The molecule has 1 heterocycles. The van der Waals surface area contributed by atoms with Crippen molar-refractivity contribution >= 4 is 15.9 Å². The molecule has 0 unspecified atom stereocenters. The average molecular weight is 351 g/mol. The predicted octanol–water partition coefficient (Wildman–Crippen LogP) is 4.17. The van der Waals surface area contributed by atoms with Crippen molar-refractivity contribution in [3.63, 3.8) is 0 Å². The molecule has 0 spiro atoms. The quantitative estimate of drug-likeness (QED) is 0.724. The molecule has 0 aliphatic heterocycles. The highest BCUT2D eigenvalue weighted by Gasteiger charge is 2.10. The Bertz CT molecular complexity index is 553. The smallest absolute Gasteiger partial charge is 0.122 e. The fourth-order valence-electron chi connectivity index (χ4n) is 2.28. The number of rotatable bonds is 8. The van der Waals surface area contributed by atoms with Crippen molar-refractivity contribution in [1.29, 1.82) is 0 Å². The number of nitrogens with zero attached hydrogens (tertiary/aromatic N) is 1. The number of nitrogens with one attached hydrogen (secondary N) is 1. The van der Waals surface area contributed by atoms with Crippen molar-refractivity contribution in [2.24, 2.45) is 0 Å². The zero-order valence-electron chi connectivity index (χ0n) is 12.7. The topological polar surface area (TPSA) is 28.4 Å². The van der Waals surface area contributed by atoms with Crippen molar-refractivity contribution in [2.75, 3.05) is 13.6 Å². The Morgan fingerprint density at radius 3 is 2.71 bits per heavy atom. The number of halogens is 1. The lowest BCUT2D eigenvalue weighted by Crippen LogP contribution is -2.19. The molecule has 0 bridgehead atoms. The van der Waals surface area contributed by atoms with Crippen LogP contribution in [0.15, 0.2) is 45.5 Å². The van der Waals surface area contributed by atoms with Gasteiger partial charge in [0.25, 0.3) is 0 Å². The van der Waals surface area contributed by atoms with Crippen LogP contribution in [0, 0.1) is 0 Å². The van der Waals surface area contributed by atoms with Gasteiger partial charge >= 0.3 is 0 Å². The van der Waals surface area contributed by atoms with Gasteiger partial charge in [-0.15, -0.1) is 0 Å². The average Bonchev–Trinajstić information content (AvgIpc) is 2.89. The van der Waals surface area contributed by atoms with Crippen molar-refractivity contribution < 1.29 is 4.42 Å². The van der Waals surface area contributed by atoms with Crippen LogP contribution in [0.1, 0.15) is 30.2 Å². The van der Waals surface area contributed by atoms with Gasteiger partial charge in [0.1, 0.15) is 5.76 Å². The molecule has 3 nitrogen and oxygen atoms in total. The highest BCUT2D eigenvalue weighted by molar-refractivity contribution is 9.10. The summed E-state index contributed by atoms with van der Waals surface area (Å²) < 4.78 is 6.79. The Hall–Kier alpha value is -1.10. The Morgan fingerprint density at radius 2 is 1.95 bits per heavy atom. The zero-order valence-corrected chi connectivity index (χ0v) is 14.3. The molecular formula is C17H23BrN2O. The summed E-state index contributed by atoms with van der Waals surface area (Å²) in [5.74, 6) is 1.05. The van der Waals surface area contributed by atoms with Crippen molar-refractivity contribution in [3.05, 3.63) is 58.0 Å². The molecule has 0 amide bonds. The Kier molecular flexibility index (Phi) is 6.49. The molecule has 1 N–H and O–H groups in total. The molecule has 0 aliphatic rings. The van der Waals surface area contributed by atoms with Crippen LogP contribution in [0.5, 0.6) is 0 Å². The van der Waals surface area contributed by atoms with Gasteiger partial charge in [-0.25, -0.2) is 0 Å². The van der Waals surface area contributed by atoms with Crippen LogP contribution in [-0.4, -0.2) is 18.5 Å². The Labute approximate surface area is 135 Å². The summed E-state index contributed by atoms with van der Waals surface area (Å²) in [4.78, 5) is 2.27. The van der Waals surface area contributed by atoms with E-state index < -0.39 is 0 Å². The number of benzene rings is 1. The van der Waals surface area contributed by atoms with Gasteiger partial charge in [-0.05, 0) is 37.7 Å². The van der Waals surface area contributed by atoms with Gasteiger partial charge in [0.05, 0.1) is 12.8 Å². The maximum atomic E-state index is 5.64. The van der Waals surface area contributed by atoms with E-state index in [9.17, 15) is 0 Å². The van der Waals surface area contributed by atoms with Crippen LogP contribution in [0.2, 0.25) is 0 Å². The molecule has 0 radical (unpaired) electrons. The van der Waals surface area contributed by atoms with Crippen LogP contribution in [0.3, 0.4) is 0 Å². The first kappa shape index (κ1) is 16.3. The van der Waals surface area contributed by atoms with Crippen LogP contribution in [-0.2, 0) is 19.6 Å². The van der Waals surface area contributed by atoms with E-state index in [4.69, 9.17) is 4.42 Å². The minimum atomic E-state index is 0.817. The maximum absolute atomic E-state index is 5.64. The van der Waals surface area contributed by atoms with Gasteiger partial charge in [-0.3, -0.25) is 4.90 Å². The minimum Gasteiger partial charge on any atom is -0.468 e. The van der Waals surface area contributed by atoms with E-state index in [0.29, 0.717) is 0 Å². The van der Waals surface area contributed by atoms with E-state index in [0.717, 1.165) is 42.8 Å². The van der Waals surface area contributed by atoms with E-state index in [1.54, 1.807) is 6.26 Å². The van der Waals surface area contributed by atoms with Crippen molar-refractivity contribution in [2.45, 2.75) is 33.0 Å². The number of hydrogen-bond acceptors (Lipinski definition) is 3. The van der Waals surface area contributed by atoms with E-state index in [2.05, 4.69) is 64.4 Å². The number of furan rings is 1. The van der Waals surface area contributed by atoms with Crippen LogP contribution >= 0.6 is 15.9 Å². The van der Waals surface area contributed by atoms with E-state index >= 15 is 0 Å². The molecule has 0 aliphatic carbocycles. The van der Waals surface area contributed by atoms with Gasteiger partial charge in [0.2, 0.25) is 0 Å². The zero-order chi connectivity index (χ0) is 15.1. The fraction of sp³-hybridized carbons (Fsp3) is 0.412. The molecule has 0 fully saturated rings. The van der Waals surface area contributed by atoms with Gasteiger partial charge in [0, 0.05) is 23.1 Å². The third kappa shape index (κ3) is 4.99.